The molecule has 8 heteroatoms. The van der Waals surface area contributed by atoms with Crippen LogP contribution in [0.2, 0.25) is 5.02 Å². The minimum atomic E-state index is -3.53. The minimum absolute atomic E-state index is 0.0678. The normalized spacial score (nSPS) is 11.7. The molecule has 0 spiro atoms. The smallest absolute Gasteiger partial charge is 0.267 e. The summed E-state index contributed by atoms with van der Waals surface area (Å²) in [5.74, 6) is -0.248. The summed E-state index contributed by atoms with van der Waals surface area (Å²) in [6.07, 6.45) is 0. The van der Waals surface area contributed by atoms with E-state index in [0.717, 1.165) is 4.68 Å². The van der Waals surface area contributed by atoms with E-state index in [9.17, 15) is 13.2 Å². The highest BCUT2D eigenvalue weighted by molar-refractivity contribution is 7.91. The molecule has 3 rings (SSSR count). The molecule has 1 aromatic heterocycles. The summed E-state index contributed by atoms with van der Waals surface area (Å²) in [6, 6.07) is 12.7. The predicted octanol–water partition coefficient (Wildman–Crippen LogP) is 1.92. The van der Waals surface area contributed by atoms with Crippen molar-refractivity contribution in [2.75, 3.05) is 5.75 Å². The van der Waals surface area contributed by atoms with E-state index in [-0.39, 0.29) is 22.8 Å². The lowest BCUT2D eigenvalue weighted by Crippen LogP contribution is -2.27. The topological polar surface area (TPSA) is 81.9 Å². The van der Waals surface area contributed by atoms with E-state index in [0.29, 0.717) is 15.9 Å². The van der Waals surface area contributed by atoms with Gasteiger partial charge in [-0.25, -0.2) is 13.1 Å². The number of hydrogen-bond donors (Lipinski definition) is 0. The van der Waals surface area contributed by atoms with E-state index in [1.165, 1.54) is 24.3 Å². The van der Waals surface area contributed by atoms with Crippen molar-refractivity contribution in [1.82, 2.24) is 15.0 Å². The first-order valence-corrected chi connectivity index (χ1v) is 8.81. The molecule has 0 saturated heterocycles. The molecule has 0 aliphatic rings. The Kier molecular flexibility index (Phi) is 4.14. The number of fused-ring (bicyclic) bond motifs is 1. The van der Waals surface area contributed by atoms with Crippen molar-refractivity contribution in [3.63, 3.8) is 0 Å². The Bertz CT molecular complexity index is 1010. The number of halogens is 1. The molecule has 0 N–H and O–H groups in total. The fourth-order valence-corrected chi connectivity index (χ4v) is 3.46. The molecule has 0 amide bonds. The number of aromatic nitrogens is 3. The standard InChI is InChI=1S/C15H12ClN3O3S/c16-11-5-7-12(8-6-11)23(21,22)10-9-19-15(20)13-3-1-2-4-14(13)17-18-19/h1-8H,9-10H2. The number of hydrogen-bond acceptors (Lipinski definition) is 5. The second-order valence-corrected chi connectivity index (χ2v) is 7.45. The van der Waals surface area contributed by atoms with Crippen LogP contribution in [0.15, 0.2) is 58.2 Å². The monoisotopic (exact) mass is 349 g/mol. The van der Waals surface area contributed by atoms with Crippen LogP contribution >= 0.6 is 11.6 Å². The van der Waals surface area contributed by atoms with Crippen LogP contribution < -0.4 is 5.56 Å². The average Bonchev–Trinajstić information content (AvgIpc) is 2.55. The van der Waals surface area contributed by atoms with E-state index in [1.807, 2.05) is 0 Å². The Morgan fingerprint density at radius 3 is 2.48 bits per heavy atom. The van der Waals surface area contributed by atoms with Crippen LogP contribution in [0, 0.1) is 0 Å². The number of nitrogens with zero attached hydrogens (tertiary/aromatic N) is 3. The van der Waals surface area contributed by atoms with Crippen molar-refractivity contribution in [2.24, 2.45) is 0 Å². The molecule has 0 unspecified atom stereocenters. The van der Waals surface area contributed by atoms with Crippen molar-refractivity contribution in [1.29, 1.82) is 0 Å². The number of aryl methyl sites for hydroxylation is 1. The Morgan fingerprint density at radius 2 is 1.74 bits per heavy atom. The van der Waals surface area contributed by atoms with E-state index >= 15 is 0 Å². The molecule has 0 radical (unpaired) electrons. The second kappa shape index (κ2) is 6.10. The van der Waals surface area contributed by atoms with Crippen molar-refractivity contribution in [2.45, 2.75) is 11.4 Å². The highest BCUT2D eigenvalue weighted by Gasteiger charge is 2.15. The van der Waals surface area contributed by atoms with Gasteiger partial charge in [-0.15, -0.1) is 5.10 Å². The zero-order chi connectivity index (χ0) is 16.4. The van der Waals surface area contributed by atoms with Crippen LogP contribution in [-0.4, -0.2) is 29.2 Å². The molecule has 118 valence electrons. The third-order valence-corrected chi connectivity index (χ3v) is 5.34. The van der Waals surface area contributed by atoms with Crippen molar-refractivity contribution in [3.8, 4) is 0 Å². The quantitative estimate of drug-likeness (QED) is 0.718. The second-order valence-electron chi connectivity index (χ2n) is 4.91. The van der Waals surface area contributed by atoms with Gasteiger partial charge >= 0.3 is 0 Å². The van der Waals surface area contributed by atoms with Gasteiger partial charge in [0, 0.05) is 5.02 Å². The van der Waals surface area contributed by atoms with Gasteiger partial charge in [-0.1, -0.05) is 28.9 Å². The maximum Gasteiger partial charge on any atom is 0.277 e. The van der Waals surface area contributed by atoms with E-state index in [4.69, 9.17) is 11.6 Å². The highest BCUT2D eigenvalue weighted by atomic mass is 35.5. The van der Waals surface area contributed by atoms with E-state index in [2.05, 4.69) is 10.3 Å². The summed E-state index contributed by atoms with van der Waals surface area (Å²) >= 11 is 5.75. The molecule has 0 aliphatic heterocycles. The summed E-state index contributed by atoms with van der Waals surface area (Å²) in [5.41, 5.74) is 0.121. The van der Waals surface area contributed by atoms with Gasteiger partial charge in [0.15, 0.2) is 9.84 Å². The molecule has 0 atom stereocenters. The maximum atomic E-state index is 12.3. The fourth-order valence-electron chi connectivity index (χ4n) is 2.14. The summed E-state index contributed by atoms with van der Waals surface area (Å²) < 4.78 is 25.6. The average molecular weight is 350 g/mol. The first kappa shape index (κ1) is 15.6. The first-order chi connectivity index (χ1) is 11.0. The van der Waals surface area contributed by atoms with Crippen LogP contribution in [0.25, 0.3) is 10.9 Å². The highest BCUT2D eigenvalue weighted by Crippen LogP contribution is 2.15. The fraction of sp³-hybridized carbons (Fsp3) is 0.133. The van der Waals surface area contributed by atoms with Gasteiger partial charge in [0.2, 0.25) is 0 Å². The van der Waals surface area contributed by atoms with Crippen molar-refractivity contribution < 1.29 is 8.42 Å². The van der Waals surface area contributed by atoms with Gasteiger partial charge in [-0.05, 0) is 36.4 Å². The molecule has 0 bridgehead atoms. The summed E-state index contributed by atoms with van der Waals surface area (Å²) in [5, 5.41) is 8.58. The molecule has 1 heterocycles. The SMILES string of the molecule is O=c1c2ccccc2nnn1CCS(=O)(=O)c1ccc(Cl)cc1. The summed E-state index contributed by atoms with van der Waals surface area (Å²) in [7, 11) is -3.53. The Morgan fingerprint density at radius 1 is 1.04 bits per heavy atom. The van der Waals surface area contributed by atoms with E-state index in [1.54, 1.807) is 24.3 Å². The largest absolute Gasteiger partial charge is 0.277 e. The molecule has 0 fully saturated rings. The third kappa shape index (κ3) is 3.25. The maximum absolute atomic E-state index is 12.3. The number of benzene rings is 2. The molecular weight excluding hydrogens is 338 g/mol. The van der Waals surface area contributed by atoms with Gasteiger partial charge in [0.05, 0.1) is 22.6 Å². The lowest BCUT2D eigenvalue weighted by atomic mass is 10.2. The predicted molar refractivity (Wildman–Crippen MR) is 87.3 cm³/mol. The lowest BCUT2D eigenvalue weighted by Gasteiger charge is -2.06. The van der Waals surface area contributed by atoms with E-state index < -0.39 is 9.84 Å². The van der Waals surface area contributed by atoms with Gasteiger partial charge in [0.1, 0.15) is 5.52 Å². The molecular formula is C15H12ClN3O3S. The Labute approximate surface area is 137 Å². The van der Waals surface area contributed by atoms with Crippen LogP contribution in [0.3, 0.4) is 0 Å². The van der Waals surface area contributed by atoms with Crippen LogP contribution in [0.4, 0.5) is 0 Å². The van der Waals surface area contributed by atoms with Crippen molar-refractivity contribution >= 4 is 32.3 Å². The van der Waals surface area contributed by atoms with Gasteiger partial charge < -0.3 is 0 Å². The zero-order valence-corrected chi connectivity index (χ0v) is 13.5. The van der Waals surface area contributed by atoms with Crippen LogP contribution in [0.1, 0.15) is 0 Å². The molecule has 23 heavy (non-hydrogen) atoms. The van der Waals surface area contributed by atoms with Crippen molar-refractivity contribution in [3.05, 3.63) is 63.9 Å². The first-order valence-electron chi connectivity index (χ1n) is 6.78. The van der Waals surface area contributed by atoms with Crippen LogP contribution in [0.5, 0.6) is 0 Å². The lowest BCUT2D eigenvalue weighted by molar-refractivity contribution is 0.557. The molecule has 0 aliphatic carbocycles. The Hall–Kier alpha value is -2.25. The molecule has 2 aromatic carbocycles. The third-order valence-electron chi connectivity index (χ3n) is 3.37. The molecule has 3 aromatic rings. The molecule has 6 nitrogen and oxygen atoms in total. The van der Waals surface area contributed by atoms with Gasteiger partial charge in [0.25, 0.3) is 5.56 Å². The summed E-state index contributed by atoms with van der Waals surface area (Å²) in [4.78, 5) is 12.4. The van der Waals surface area contributed by atoms with Gasteiger partial charge in [-0.2, -0.15) is 0 Å². The van der Waals surface area contributed by atoms with Crippen LogP contribution in [-0.2, 0) is 16.4 Å². The summed E-state index contributed by atoms with van der Waals surface area (Å²) in [6.45, 7) is -0.0678. The number of rotatable bonds is 4. The Balaban J connectivity index is 1.87. The number of sulfone groups is 1. The molecule has 0 saturated carbocycles. The van der Waals surface area contributed by atoms with Gasteiger partial charge in [-0.3, -0.25) is 4.79 Å². The zero-order valence-electron chi connectivity index (χ0n) is 11.9. The minimum Gasteiger partial charge on any atom is -0.267 e.